The van der Waals surface area contributed by atoms with E-state index < -0.39 is 0 Å². The fourth-order valence-electron chi connectivity index (χ4n) is 1.28. The molecule has 0 saturated heterocycles. The Kier molecular flexibility index (Phi) is 5.22. The summed E-state index contributed by atoms with van der Waals surface area (Å²) >= 11 is 8.66. The molecule has 0 spiro atoms. The van der Waals surface area contributed by atoms with E-state index in [0.717, 1.165) is 16.7 Å². The molecule has 0 fully saturated rings. The molecule has 1 aromatic carbocycles. The number of anilines is 1. The van der Waals surface area contributed by atoms with Crippen LogP contribution in [0.15, 0.2) is 22.7 Å². The lowest BCUT2D eigenvalue weighted by Gasteiger charge is -2.12. The minimum absolute atomic E-state index is 0.587. The van der Waals surface area contributed by atoms with Gasteiger partial charge in [-0.05, 0) is 48.8 Å². The maximum absolute atomic E-state index is 5.20. The molecule has 0 aliphatic rings. The van der Waals surface area contributed by atoms with Crippen LogP contribution >= 0.6 is 28.1 Å². The number of halogens is 1. The zero-order valence-corrected chi connectivity index (χ0v) is 12.2. The molecular weight excluding hydrogens is 284 g/mol. The van der Waals surface area contributed by atoms with Crippen LogP contribution in [0.5, 0.6) is 0 Å². The van der Waals surface area contributed by atoms with Gasteiger partial charge in [-0.15, -0.1) is 0 Å². The highest BCUT2D eigenvalue weighted by Crippen LogP contribution is 2.18. The first kappa shape index (κ1) is 13.5. The topological polar surface area (TPSA) is 24.1 Å². The second kappa shape index (κ2) is 6.21. The molecule has 16 heavy (non-hydrogen) atoms. The van der Waals surface area contributed by atoms with E-state index >= 15 is 0 Å². The SMILES string of the molecule is Cc1cc(Br)cc(NC(=S)NCC(C)C)c1. The summed E-state index contributed by atoms with van der Waals surface area (Å²) in [7, 11) is 0. The Labute approximate surface area is 111 Å². The number of thiocarbonyl (C=S) groups is 1. The van der Waals surface area contributed by atoms with Gasteiger partial charge in [0, 0.05) is 16.7 Å². The summed E-state index contributed by atoms with van der Waals surface area (Å²) in [5.41, 5.74) is 2.21. The Bertz CT molecular complexity index is 357. The molecule has 0 aliphatic heterocycles. The van der Waals surface area contributed by atoms with Crippen molar-refractivity contribution in [2.45, 2.75) is 20.8 Å². The Morgan fingerprint density at radius 1 is 1.38 bits per heavy atom. The van der Waals surface area contributed by atoms with Crippen molar-refractivity contribution in [3.05, 3.63) is 28.2 Å². The highest BCUT2D eigenvalue weighted by Gasteiger charge is 2.00. The van der Waals surface area contributed by atoms with Crippen molar-refractivity contribution < 1.29 is 0 Å². The highest BCUT2D eigenvalue weighted by molar-refractivity contribution is 9.10. The third kappa shape index (κ3) is 4.94. The van der Waals surface area contributed by atoms with Gasteiger partial charge >= 0.3 is 0 Å². The van der Waals surface area contributed by atoms with Gasteiger partial charge in [0.15, 0.2) is 5.11 Å². The van der Waals surface area contributed by atoms with Gasteiger partial charge in [0.2, 0.25) is 0 Å². The molecular formula is C12H17BrN2S. The van der Waals surface area contributed by atoms with Crippen LogP contribution in [0.3, 0.4) is 0 Å². The van der Waals surface area contributed by atoms with Crippen LogP contribution in [0.25, 0.3) is 0 Å². The van der Waals surface area contributed by atoms with Crippen LogP contribution in [0, 0.1) is 12.8 Å². The van der Waals surface area contributed by atoms with Crippen molar-refractivity contribution in [1.29, 1.82) is 0 Å². The molecule has 0 heterocycles. The van der Waals surface area contributed by atoms with Crippen molar-refractivity contribution >= 4 is 38.9 Å². The molecule has 2 nitrogen and oxygen atoms in total. The molecule has 4 heteroatoms. The number of nitrogens with one attached hydrogen (secondary N) is 2. The van der Waals surface area contributed by atoms with Crippen LogP contribution in [-0.4, -0.2) is 11.7 Å². The summed E-state index contributed by atoms with van der Waals surface area (Å²) in [4.78, 5) is 0. The third-order valence-corrected chi connectivity index (χ3v) is 2.68. The minimum Gasteiger partial charge on any atom is -0.362 e. The van der Waals surface area contributed by atoms with E-state index in [1.54, 1.807) is 0 Å². The molecule has 88 valence electrons. The first-order chi connectivity index (χ1) is 7.47. The minimum atomic E-state index is 0.587. The number of aryl methyl sites for hydroxylation is 1. The van der Waals surface area contributed by atoms with Gasteiger partial charge in [0.1, 0.15) is 0 Å². The smallest absolute Gasteiger partial charge is 0.170 e. The average Bonchev–Trinajstić information content (AvgIpc) is 2.12. The highest BCUT2D eigenvalue weighted by atomic mass is 79.9. The van der Waals surface area contributed by atoms with Gasteiger partial charge < -0.3 is 10.6 Å². The normalized spacial score (nSPS) is 10.3. The molecule has 0 aromatic heterocycles. The van der Waals surface area contributed by atoms with Gasteiger partial charge in [0.05, 0.1) is 0 Å². The molecule has 1 aromatic rings. The second-order valence-electron chi connectivity index (χ2n) is 4.25. The fourth-order valence-corrected chi connectivity index (χ4v) is 2.09. The largest absolute Gasteiger partial charge is 0.362 e. The Morgan fingerprint density at radius 2 is 2.06 bits per heavy atom. The molecule has 1 rings (SSSR count). The average molecular weight is 301 g/mol. The first-order valence-electron chi connectivity index (χ1n) is 5.29. The van der Waals surface area contributed by atoms with Crippen LogP contribution in [0.1, 0.15) is 19.4 Å². The van der Waals surface area contributed by atoms with Gasteiger partial charge in [-0.25, -0.2) is 0 Å². The number of benzene rings is 1. The van der Waals surface area contributed by atoms with Gasteiger partial charge in [-0.3, -0.25) is 0 Å². The monoisotopic (exact) mass is 300 g/mol. The predicted molar refractivity (Wildman–Crippen MR) is 77.9 cm³/mol. The maximum Gasteiger partial charge on any atom is 0.170 e. The molecule has 0 saturated carbocycles. The lowest BCUT2D eigenvalue weighted by atomic mass is 10.2. The summed E-state index contributed by atoms with van der Waals surface area (Å²) in [5, 5.41) is 7.02. The summed E-state index contributed by atoms with van der Waals surface area (Å²) in [6.45, 7) is 7.25. The van der Waals surface area contributed by atoms with Crippen LogP contribution in [-0.2, 0) is 0 Å². The lowest BCUT2D eigenvalue weighted by Crippen LogP contribution is -2.31. The number of hydrogen-bond acceptors (Lipinski definition) is 1. The van der Waals surface area contributed by atoms with E-state index in [4.69, 9.17) is 12.2 Å². The predicted octanol–water partition coefficient (Wildman–Crippen LogP) is 3.70. The Balaban J connectivity index is 2.56. The molecule has 2 N–H and O–H groups in total. The zero-order chi connectivity index (χ0) is 12.1. The summed E-state index contributed by atoms with van der Waals surface area (Å²) in [5.74, 6) is 0.587. The summed E-state index contributed by atoms with van der Waals surface area (Å²) in [6, 6.07) is 6.14. The fraction of sp³-hybridized carbons (Fsp3) is 0.417. The molecule has 0 atom stereocenters. The summed E-state index contributed by atoms with van der Waals surface area (Å²) < 4.78 is 1.06. The molecule has 0 amide bonds. The maximum atomic E-state index is 5.20. The Morgan fingerprint density at radius 3 is 2.62 bits per heavy atom. The van der Waals surface area contributed by atoms with Crippen molar-refractivity contribution in [2.24, 2.45) is 5.92 Å². The zero-order valence-electron chi connectivity index (χ0n) is 9.80. The van der Waals surface area contributed by atoms with E-state index in [0.29, 0.717) is 11.0 Å². The van der Waals surface area contributed by atoms with Crippen molar-refractivity contribution in [3.8, 4) is 0 Å². The van der Waals surface area contributed by atoms with Crippen LogP contribution in [0.2, 0.25) is 0 Å². The van der Waals surface area contributed by atoms with E-state index in [-0.39, 0.29) is 0 Å². The quantitative estimate of drug-likeness (QED) is 0.833. The van der Waals surface area contributed by atoms with Crippen molar-refractivity contribution in [3.63, 3.8) is 0 Å². The Hall–Kier alpha value is -0.610. The lowest BCUT2D eigenvalue weighted by molar-refractivity contribution is 0.627. The van der Waals surface area contributed by atoms with Crippen LogP contribution in [0.4, 0.5) is 5.69 Å². The van der Waals surface area contributed by atoms with E-state index in [1.165, 1.54) is 5.56 Å². The van der Waals surface area contributed by atoms with E-state index in [9.17, 15) is 0 Å². The van der Waals surface area contributed by atoms with E-state index in [1.807, 2.05) is 6.07 Å². The van der Waals surface area contributed by atoms with Crippen LogP contribution < -0.4 is 10.6 Å². The number of hydrogen-bond donors (Lipinski definition) is 2. The van der Waals surface area contributed by atoms with E-state index in [2.05, 4.69) is 59.5 Å². The van der Waals surface area contributed by atoms with Crippen molar-refractivity contribution in [2.75, 3.05) is 11.9 Å². The molecule has 0 radical (unpaired) electrons. The van der Waals surface area contributed by atoms with Gasteiger partial charge in [0.25, 0.3) is 0 Å². The first-order valence-corrected chi connectivity index (χ1v) is 6.49. The van der Waals surface area contributed by atoms with Crippen molar-refractivity contribution in [1.82, 2.24) is 5.32 Å². The molecule has 0 unspecified atom stereocenters. The second-order valence-corrected chi connectivity index (χ2v) is 5.57. The number of rotatable bonds is 3. The molecule has 0 bridgehead atoms. The van der Waals surface area contributed by atoms with Gasteiger partial charge in [-0.2, -0.15) is 0 Å². The summed E-state index contributed by atoms with van der Waals surface area (Å²) in [6.07, 6.45) is 0. The van der Waals surface area contributed by atoms with Gasteiger partial charge in [-0.1, -0.05) is 29.8 Å². The molecule has 0 aliphatic carbocycles. The standard InChI is InChI=1S/C12H17BrN2S/c1-8(2)7-14-12(16)15-11-5-9(3)4-10(13)6-11/h4-6,8H,7H2,1-3H3,(H2,14,15,16). The third-order valence-electron chi connectivity index (χ3n) is 1.97.